The summed E-state index contributed by atoms with van der Waals surface area (Å²) in [6.45, 7) is 3.47. The number of halogens is 2. The zero-order valence-electron chi connectivity index (χ0n) is 8.60. The fraction of sp³-hybridized carbons (Fsp3) is 0.600. The SMILES string of the molecule is CCOC(=O)C1(C(C)=O)CCC(I)=C1Br. The van der Waals surface area contributed by atoms with E-state index in [4.69, 9.17) is 4.74 Å². The quantitative estimate of drug-likeness (QED) is 0.425. The van der Waals surface area contributed by atoms with Crippen LogP contribution in [0.3, 0.4) is 0 Å². The second-order valence-electron chi connectivity index (χ2n) is 3.40. The summed E-state index contributed by atoms with van der Waals surface area (Å²) in [5.74, 6) is -0.587. The molecule has 1 unspecified atom stereocenters. The average Bonchev–Trinajstić information content (AvgIpc) is 2.45. The molecule has 1 rings (SSSR count). The lowest BCUT2D eigenvalue weighted by atomic mass is 9.83. The minimum atomic E-state index is -1.08. The maximum absolute atomic E-state index is 11.9. The first-order valence-electron chi connectivity index (χ1n) is 4.69. The lowest BCUT2D eigenvalue weighted by molar-refractivity contribution is -0.156. The van der Waals surface area contributed by atoms with Crippen molar-refractivity contribution in [2.45, 2.75) is 26.7 Å². The molecular formula is C10H12BrIO3. The van der Waals surface area contributed by atoms with Crippen LogP contribution >= 0.6 is 38.5 Å². The molecule has 0 aromatic rings. The summed E-state index contributed by atoms with van der Waals surface area (Å²) >= 11 is 5.50. The van der Waals surface area contributed by atoms with E-state index in [1.165, 1.54) is 6.92 Å². The van der Waals surface area contributed by atoms with Crippen LogP contribution in [-0.4, -0.2) is 18.4 Å². The van der Waals surface area contributed by atoms with Crippen molar-refractivity contribution < 1.29 is 14.3 Å². The minimum Gasteiger partial charge on any atom is -0.465 e. The van der Waals surface area contributed by atoms with E-state index < -0.39 is 11.4 Å². The van der Waals surface area contributed by atoms with Crippen LogP contribution < -0.4 is 0 Å². The van der Waals surface area contributed by atoms with E-state index >= 15 is 0 Å². The van der Waals surface area contributed by atoms with Gasteiger partial charge in [-0.1, -0.05) is 15.9 Å². The molecule has 0 radical (unpaired) electrons. The van der Waals surface area contributed by atoms with Crippen LogP contribution in [0.1, 0.15) is 26.7 Å². The summed E-state index contributed by atoms with van der Waals surface area (Å²) in [6.07, 6.45) is 1.26. The Labute approximate surface area is 111 Å². The van der Waals surface area contributed by atoms with E-state index in [0.29, 0.717) is 17.5 Å². The van der Waals surface area contributed by atoms with E-state index in [9.17, 15) is 9.59 Å². The first kappa shape index (κ1) is 13.2. The summed E-state index contributed by atoms with van der Waals surface area (Å²) in [7, 11) is 0. The van der Waals surface area contributed by atoms with Crippen molar-refractivity contribution in [2.24, 2.45) is 5.41 Å². The van der Waals surface area contributed by atoms with Crippen LogP contribution in [0.25, 0.3) is 0 Å². The van der Waals surface area contributed by atoms with Crippen molar-refractivity contribution in [3.05, 3.63) is 8.06 Å². The summed E-state index contributed by atoms with van der Waals surface area (Å²) < 4.78 is 6.69. The molecule has 0 N–H and O–H groups in total. The minimum absolute atomic E-state index is 0.153. The first-order valence-corrected chi connectivity index (χ1v) is 6.56. The van der Waals surface area contributed by atoms with Crippen LogP contribution in [0.2, 0.25) is 0 Å². The second kappa shape index (κ2) is 4.95. The second-order valence-corrected chi connectivity index (χ2v) is 5.50. The number of carbonyl (C=O) groups excluding carboxylic acids is 2. The largest absolute Gasteiger partial charge is 0.465 e. The highest BCUT2D eigenvalue weighted by atomic mass is 127. The Bertz CT molecular complexity index is 338. The molecule has 0 aromatic carbocycles. The van der Waals surface area contributed by atoms with Gasteiger partial charge in [-0.25, -0.2) is 0 Å². The highest BCUT2D eigenvalue weighted by molar-refractivity contribution is 14.1. The van der Waals surface area contributed by atoms with E-state index in [-0.39, 0.29) is 5.78 Å². The molecule has 0 amide bonds. The van der Waals surface area contributed by atoms with Gasteiger partial charge in [-0.2, -0.15) is 0 Å². The monoisotopic (exact) mass is 386 g/mol. The van der Waals surface area contributed by atoms with Gasteiger partial charge in [0.25, 0.3) is 0 Å². The van der Waals surface area contributed by atoms with Gasteiger partial charge in [-0.05, 0) is 49.3 Å². The normalized spacial score (nSPS) is 25.6. The molecule has 0 aliphatic heterocycles. The van der Waals surface area contributed by atoms with Gasteiger partial charge in [0.05, 0.1) is 6.61 Å². The molecule has 15 heavy (non-hydrogen) atoms. The number of carbonyl (C=O) groups is 2. The van der Waals surface area contributed by atoms with Crippen LogP contribution in [0.15, 0.2) is 8.06 Å². The van der Waals surface area contributed by atoms with E-state index in [1.54, 1.807) is 6.92 Å². The zero-order chi connectivity index (χ0) is 11.6. The van der Waals surface area contributed by atoms with Gasteiger partial charge < -0.3 is 4.74 Å². The van der Waals surface area contributed by atoms with E-state index in [0.717, 1.165) is 10.0 Å². The number of ether oxygens (including phenoxy) is 1. The Morgan fingerprint density at radius 1 is 1.60 bits per heavy atom. The first-order chi connectivity index (χ1) is 6.96. The highest BCUT2D eigenvalue weighted by Crippen LogP contribution is 2.50. The van der Waals surface area contributed by atoms with Crippen molar-refractivity contribution in [2.75, 3.05) is 6.61 Å². The maximum Gasteiger partial charge on any atom is 0.324 e. The molecule has 0 saturated carbocycles. The number of hydrogen-bond donors (Lipinski definition) is 0. The molecule has 5 heteroatoms. The molecule has 0 heterocycles. The van der Waals surface area contributed by atoms with Gasteiger partial charge in [0, 0.05) is 8.06 Å². The summed E-state index contributed by atoms with van der Waals surface area (Å²) in [4.78, 5) is 23.5. The fourth-order valence-electron chi connectivity index (χ4n) is 1.67. The van der Waals surface area contributed by atoms with Gasteiger partial charge in [0.1, 0.15) is 0 Å². The molecule has 3 nitrogen and oxygen atoms in total. The fourth-order valence-corrected chi connectivity index (χ4v) is 3.24. The summed E-state index contributed by atoms with van der Waals surface area (Å²) in [5.41, 5.74) is -1.08. The van der Waals surface area contributed by atoms with Crippen molar-refractivity contribution in [3.8, 4) is 0 Å². The molecule has 84 valence electrons. The van der Waals surface area contributed by atoms with Gasteiger partial charge in [-0.15, -0.1) is 0 Å². The predicted molar refractivity (Wildman–Crippen MR) is 69.0 cm³/mol. The van der Waals surface area contributed by atoms with E-state index in [1.807, 2.05) is 0 Å². The van der Waals surface area contributed by atoms with Crippen molar-refractivity contribution in [1.82, 2.24) is 0 Å². The molecule has 0 bridgehead atoms. The molecular weight excluding hydrogens is 375 g/mol. The predicted octanol–water partition coefficient (Wildman–Crippen LogP) is 2.96. The van der Waals surface area contributed by atoms with Crippen LogP contribution in [-0.2, 0) is 14.3 Å². The van der Waals surface area contributed by atoms with Crippen LogP contribution in [0.5, 0.6) is 0 Å². The Kier molecular flexibility index (Phi) is 4.34. The molecule has 0 aromatic heterocycles. The lowest BCUT2D eigenvalue weighted by Crippen LogP contribution is -2.38. The van der Waals surface area contributed by atoms with Gasteiger partial charge in [0.15, 0.2) is 11.2 Å². The molecule has 1 aliphatic rings. The maximum atomic E-state index is 11.9. The van der Waals surface area contributed by atoms with Gasteiger partial charge in [-0.3, -0.25) is 9.59 Å². The third-order valence-electron chi connectivity index (χ3n) is 2.56. The Morgan fingerprint density at radius 2 is 2.20 bits per heavy atom. The topological polar surface area (TPSA) is 43.4 Å². The number of allylic oxidation sites excluding steroid dienone is 1. The van der Waals surface area contributed by atoms with Gasteiger partial charge >= 0.3 is 5.97 Å². The smallest absolute Gasteiger partial charge is 0.324 e. The molecule has 1 atom stereocenters. The third-order valence-corrected chi connectivity index (χ3v) is 5.53. The van der Waals surface area contributed by atoms with Crippen LogP contribution in [0.4, 0.5) is 0 Å². The van der Waals surface area contributed by atoms with Gasteiger partial charge in [0.2, 0.25) is 0 Å². The summed E-state index contributed by atoms with van der Waals surface area (Å²) in [5, 5.41) is 0. The number of Topliss-reactive ketones (excluding diaryl/α,β-unsaturated/α-hetero) is 1. The Hall–Kier alpha value is 0.0900. The Balaban J connectivity index is 3.12. The number of ketones is 1. The number of rotatable bonds is 3. The van der Waals surface area contributed by atoms with E-state index in [2.05, 4.69) is 38.5 Å². The highest BCUT2D eigenvalue weighted by Gasteiger charge is 2.51. The molecule has 0 fully saturated rings. The lowest BCUT2D eigenvalue weighted by Gasteiger charge is -2.24. The van der Waals surface area contributed by atoms with Crippen molar-refractivity contribution in [1.29, 1.82) is 0 Å². The molecule has 1 aliphatic carbocycles. The number of hydrogen-bond acceptors (Lipinski definition) is 3. The average molecular weight is 387 g/mol. The summed E-state index contributed by atoms with van der Waals surface area (Å²) in [6, 6.07) is 0. The molecule has 0 spiro atoms. The third kappa shape index (κ3) is 2.13. The molecule has 0 saturated heterocycles. The number of esters is 1. The zero-order valence-corrected chi connectivity index (χ0v) is 12.3. The Morgan fingerprint density at radius 3 is 2.53 bits per heavy atom. The van der Waals surface area contributed by atoms with Crippen molar-refractivity contribution in [3.63, 3.8) is 0 Å². The standard InChI is InChI=1S/C10H12BrIO3/c1-3-15-9(14)10(6(2)13)5-4-7(12)8(10)11/h3-5H2,1-2H3. The van der Waals surface area contributed by atoms with Crippen molar-refractivity contribution >= 4 is 50.3 Å². The van der Waals surface area contributed by atoms with Crippen LogP contribution in [0, 0.1) is 5.41 Å².